The second kappa shape index (κ2) is 7.39. The summed E-state index contributed by atoms with van der Waals surface area (Å²) in [7, 11) is 2.04. The van der Waals surface area contributed by atoms with Gasteiger partial charge in [-0.1, -0.05) is 18.2 Å². The maximum Gasteiger partial charge on any atom is 0.130 e. The first-order valence-electron chi connectivity index (χ1n) is 9.73. The summed E-state index contributed by atoms with van der Waals surface area (Å²) in [5.74, 6) is 1.83. The minimum Gasteiger partial charge on any atom is -0.340 e. The monoisotopic (exact) mass is 411 g/mol. The molecule has 0 fully saturated rings. The molecule has 5 aromatic rings. The molecule has 0 saturated heterocycles. The number of aromatic nitrogens is 4. The van der Waals surface area contributed by atoms with Crippen molar-refractivity contribution >= 4 is 33.6 Å². The average Bonchev–Trinajstić information content (AvgIpc) is 3.40. The number of imidazole rings is 1. The SMILES string of the molecule is Cc1cc(-c2cnc(C)n2C)ccc1Nc1cc2cc(-c3cncs3)ccc2cn1. The van der Waals surface area contributed by atoms with Crippen molar-refractivity contribution in [3.8, 4) is 21.7 Å². The van der Waals surface area contributed by atoms with E-state index in [0.29, 0.717) is 0 Å². The molecule has 3 aromatic heterocycles. The molecular weight excluding hydrogens is 390 g/mol. The molecule has 0 spiro atoms. The number of anilines is 2. The van der Waals surface area contributed by atoms with E-state index in [9.17, 15) is 0 Å². The molecule has 0 atom stereocenters. The van der Waals surface area contributed by atoms with E-state index in [1.807, 2.05) is 38.1 Å². The van der Waals surface area contributed by atoms with E-state index in [0.717, 1.165) is 44.9 Å². The Morgan fingerprint density at radius 1 is 0.867 bits per heavy atom. The largest absolute Gasteiger partial charge is 0.340 e. The number of nitrogens with zero attached hydrogens (tertiary/aromatic N) is 4. The molecule has 1 N–H and O–H groups in total. The van der Waals surface area contributed by atoms with Gasteiger partial charge in [0.05, 0.1) is 22.3 Å². The molecule has 5 rings (SSSR count). The molecule has 0 unspecified atom stereocenters. The Labute approximate surface area is 179 Å². The Balaban J connectivity index is 1.45. The molecule has 6 heteroatoms. The van der Waals surface area contributed by atoms with Gasteiger partial charge in [-0.2, -0.15) is 0 Å². The summed E-state index contributed by atoms with van der Waals surface area (Å²) in [6.07, 6.45) is 5.74. The van der Waals surface area contributed by atoms with Crippen LogP contribution < -0.4 is 5.32 Å². The van der Waals surface area contributed by atoms with E-state index in [1.54, 1.807) is 11.3 Å². The Bertz CT molecular complexity index is 1350. The van der Waals surface area contributed by atoms with E-state index in [1.165, 1.54) is 10.4 Å². The fraction of sp³-hybridized carbons (Fsp3) is 0.125. The normalized spacial score (nSPS) is 11.2. The van der Waals surface area contributed by atoms with Crippen molar-refractivity contribution in [3.63, 3.8) is 0 Å². The van der Waals surface area contributed by atoms with Crippen LogP contribution in [0.15, 0.2) is 66.6 Å². The number of nitrogens with one attached hydrogen (secondary N) is 1. The number of pyridine rings is 1. The van der Waals surface area contributed by atoms with Crippen molar-refractivity contribution in [2.45, 2.75) is 13.8 Å². The third-order valence-corrected chi connectivity index (χ3v) is 6.27. The van der Waals surface area contributed by atoms with Crippen molar-refractivity contribution in [1.82, 2.24) is 19.5 Å². The highest BCUT2D eigenvalue weighted by molar-refractivity contribution is 7.13. The minimum absolute atomic E-state index is 0.830. The summed E-state index contributed by atoms with van der Waals surface area (Å²) < 4.78 is 2.10. The average molecular weight is 412 g/mol. The molecule has 3 heterocycles. The first kappa shape index (κ1) is 18.5. The van der Waals surface area contributed by atoms with Crippen LogP contribution in [0.25, 0.3) is 32.5 Å². The van der Waals surface area contributed by atoms with Gasteiger partial charge in [0.25, 0.3) is 0 Å². The molecule has 5 nitrogen and oxygen atoms in total. The lowest BCUT2D eigenvalue weighted by atomic mass is 10.1. The number of rotatable bonds is 4. The molecule has 0 aliphatic carbocycles. The van der Waals surface area contributed by atoms with Crippen molar-refractivity contribution in [2.75, 3.05) is 5.32 Å². The predicted molar refractivity (Wildman–Crippen MR) is 124 cm³/mol. The number of hydrogen-bond donors (Lipinski definition) is 1. The number of fused-ring (bicyclic) bond motifs is 1. The lowest BCUT2D eigenvalue weighted by Gasteiger charge is -2.12. The van der Waals surface area contributed by atoms with Crippen LogP contribution in [0, 0.1) is 13.8 Å². The van der Waals surface area contributed by atoms with Crippen LogP contribution in [0.3, 0.4) is 0 Å². The Morgan fingerprint density at radius 3 is 2.47 bits per heavy atom. The summed E-state index contributed by atoms with van der Waals surface area (Å²) in [4.78, 5) is 14.4. The van der Waals surface area contributed by atoms with E-state index in [-0.39, 0.29) is 0 Å². The van der Waals surface area contributed by atoms with Crippen molar-refractivity contribution < 1.29 is 0 Å². The van der Waals surface area contributed by atoms with E-state index in [4.69, 9.17) is 0 Å². The third kappa shape index (κ3) is 3.35. The second-order valence-corrected chi connectivity index (χ2v) is 8.29. The van der Waals surface area contributed by atoms with Crippen LogP contribution in [0.5, 0.6) is 0 Å². The fourth-order valence-electron chi connectivity index (χ4n) is 3.59. The first-order valence-corrected chi connectivity index (χ1v) is 10.6. The van der Waals surface area contributed by atoms with E-state index < -0.39 is 0 Å². The van der Waals surface area contributed by atoms with Crippen LogP contribution >= 0.6 is 11.3 Å². The van der Waals surface area contributed by atoms with Gasteiger partial charge in [0.15, 0.2) is 0 Å². The highest BCUT2D eigenvalue weighted by atomic mass is 32.1. The van der Waals surface area contributed by atoms with Gasteiger partial charge in [0.1, 0.15) is 11.6 Å². The van der Waals surface area contributed by atoms with Gasteiger partial charge in [-0.15, -0.1) is 11.3 Å². The predicted octanol–water partition coefficient (Wildman–Crippen LogP) is 6.12. The lowest BCUT2D eigenvalue weighted by Crippen LogP contribution is -1.98. The Kier molecular flexibility index (Phi) is 4.56. The molecule has 0 aliphatic heterocycles. The quantitative estimate of drug-likeness (QED) is 0.387. The Morgan fingerprint density at radius 2 is 1.73 bits per heavy atom. The van der Waals surface area contributed by atoms with Crippen molar-refractivity contribution in [1.29, 1.82) is 0 Å². The van der Waals surface area contributed by atoms with E-state index in [2.05, 4.69) is 74.2 Å². The molecule has 2 aromatic carbocycles. The zero-order valence-electron chi connectivity index (χ0n) is 17.0. The summed E-state index contributed by atoms with van der Waals surface area (Å²) >= 11 is 1.65. The summed E-state index contributed by atoms with van der Waals surface area (Å²) in [6, 6.07) is 14.9. The lowest BCUT2D eigenvalue weighted by molar-refractivity contribution is 0.865. The number of aryl methyl sites for hydroxylation is 2. The molecule has 30 heavy (non-hydrogen) atoms. The third-order valence-electron chi connectivity index (χ3n) is 5.44. The number of benzene rings is 2. The molecule has 0 saturated carbocycles. The zero-order chi connectivity index (χ0) is 20.7. The summed E-state index contributed by atoms with van der Waals surface area (Å²) in [5.41, 5.74) is 7.51. The first-order chi connectivity index (χ1) is 14.6. The zero-order valence-corrected chi connectivity index (χ0v) is 17.9. The maximum atomic E-state index is 4.60. The molecule has 0 aliphatic rings. The van der Waals surface area contributed by atoms with Gasteiger partial charge < -0.3 is 9.88 Å². The number of hydrogen-bond acceptors (Lipinski definition) is 5. The molecule has 0 radical (unpaired) electrons. The summed E-state index contributed by atoms with van der Waals surface area (Å²) in [6.45, 7) is 4.12. The smallest absolute Gasteiger partial charge is 0.130 e. The minimum atomic E-state index is 0.830. The van der Waals surface area contributed by atoms with Crippen LogP contribution in [-0.2, 0) is 7.05 Å². The van der Waals surface area contributed by atoms with Gasteiger partial charge in [-0.25, -0.2) is 9.97 Å². The van der Waals surface area contributed by atoms with Crippen LogP contribution in [0.1, 0.15) is 11.4 Å². The fourth-order valence-corrected chi connectivity index (χ4v) is 4.21. The molecular formula is C24H21N5S. The van der Waals surface area contributed by atoms with E-state index >= 15 is 0 Å². The van der Waals surface area contributed by atoms with Gasteiger partial charge in [0, 0.05) is 36.1 Å². The van der Waals surface area contributed by atoms with Crippen LogP contribution in [-0.4, -0.2) is 19.5 Å². The second-order valence-electron chi connectivity index (χ2n) is 7.40. The maximum absolute atomic E-state index is 4.60. The van der Waals surface area contributed by atoms with Gasteiger partial charge in [-0.3, -0.25) is 4.98 Å². The van der Waals surface area contributed by atoms with Gasteiger partial charge in [-0.05, 0) is 54.6 Å². The van der Waals surface area contributed by atoms with Crippen LogP contribution in [0.2, 0.25) is 0 Å². The topological polar surface area (TPSA) is 55.6 Å². The van der Waals surface area contributed by atoms with Gasteiger partial charge in [0.2, 0.25) is 0 Å². The van der Waals surface area contributed by atoms with Crippen LogP contribution in [0.4, 0.5) is 11.5 Å². The number of thiazole rings is 1. The highest BCUT2D eigenvalue weighted by Crippen LogP contribution is 2.30. The molecule has 0 bridgehead atoms. The Hall–Kier alpha value is -3.51. The van der Waals surface area contributed by atoms with Gasteiger partial charge >= 0.3 is 0 Å². The highest BCUT2D eigenvalue weighted by Gasteiger charge is 2.09. The summed E-state index contributed by atoms with van der Waals surface area (Å²) in [5, 5.41) is 5.74. The molecule has 0 amide bonds. The van der Waals surface area contributed by atoms with Crippen molar-refractivity contribution in [2.24, 2.45) is 7.05 Å². The van der Waals surface area contributed by atoms with Crippen molar-refractivity contribution in [3.05, 3.63) is 78.0 Å². The molecule has 148 valence electrons. The standard InChI is InChI=1S/C24H21N5S/c1-15-8-17(22-12-26-16(2)29(22)3)6-7-21(15)28-24-10-20-9-18(23-13-25-14-30-23)4-5-19(20)11-27-24/h4-14H,1-3H3,(H,27,28).